The van der Waals surface area contributed by atoms with Crippen LogP contribution >= 0.6 is 0 Å². The first-order valence-corrected chi connectivity index (χ1v) is 11.3. The Morgan fingerprint density at radius 2 is 1.94 bits per heavy atom. The van der Waals surface area contributed by atoms with E-state index in [1.54, 1.807) is 45.1 Å². The molecule has 0 spiro atoms. The molecule has 1 saturated heterocycles. The van der Waals surface area contributed by atoms with Crippen molar-refractivity contribution in [3.8, 4) is 11.5 Å². The molecule has 3 rings (SSSR count). The summed E-state index contributed by atoms with van der Waals surface area (Å²) in [6.07, 6.45) is 4.30. The molecule has 10 heteroatoms. The normalized spacial score (nSPS) is 30.5. The summed E-state index contributed by atoms with van der Waals surface area (Å²) < 4.78 is 58.5. The molecular formula is C25H32F2O8. The van der Waals surface area contributed by atoms with Crippen LogP contribution in [-0.4, -0.2) is 61.8 Å². The van der Waals surface area contributed by atoms with Gasteiger partial charge in [-0.3, -0.25) is 0 Å². The van der Waals surface area contributed by atoms with Crippen LogP contribution in [0, 0.1) is 5.92 Å². The van der Waals surface area contributed by atoms with Crippen LogP contribution in [0.2, 0.25) is 0 Å². The minimum absolute atomic E-state index is 0.0213. The van der Waals surface area contributed by atoms with Crippen molar-refractivity contribution in [2.45, 2.75) is 70.9 Å². The average Bonchev–Trinajstić information content (AvgIpc) is 3.08. The number of benzene rings is 1. The summed E-state index contributed by atoms with van der Waals surface area (Å²) in [6, 6.07) is 2.50. The third-order valence-electron chi connectivity index (χ3n) is 5.74. The zero-order valence-corrected chi connectivity index (χ0v) is 20.4. The predicted octanol–water partition coefficient (Wildman–Crippen LogP) is 4.31. The fraction of sp³-hybridized carbons (Fsp3) is 0.560. The first kappa shape index (κ1) is 27.1. The molecule has 0 aliphatic carbocycles. The van der Waals surface area contributed by atoms with Crippen LogP contribution in [0.15, 0.2) is 30.4 Å². The second kappa shape index (κ2) is 11.5. The van der Waals surface area contributed by atoms with E-state index in [1.165, 1.54) is 19.2 Å². The molecule has 5 atom stereocenters. The zero-order chi connectivity index (χ0) is 25.8. The Hall–Kier alpha value is -2.53. The molecule has 0 bridgehead atoms. The summed E-state index contributed by atoms with van der Waals surface area (Å²) in [5, 5.41) is 10.7. The van der Waals surface area contributed by atoms with Crippen molar-refractivity contribution in [2.24, 2.45) is 5.92 Å². The standard InChI is InChI=1S/C25H32F2O8/c1-14-9-10-18(28)22-19(34-25(3,4)35-22)8-6-7-16-11-17(33-24(26)27)12-20(31-13-30-5)21(16)23(29)32-15(14)2/h6-7,9-12,14-15,18-19,22,24,28H,8,13H2,1-5H3/b7-6+,10-9-/t14-,15+,18?,19+,22-/m1/s1. The minimum atomic E-state index is -3.07. The summed E-state index contributed by atoms with van der Waals surface area (Å²) >= 11 is 0. The van der Waals surface area contributed by atoms with Gasteiger partial charge in [0, 0.05) is 19.1 Å². The molecule has 2 aliphatic heterocycles. The molecule has 2 heterocycles. The third-order valence-corrected chi connectivity index (χ3v) is 5.74. The summed E-state index contributed by atoms with van der Waals surface area (Å²) in [5.41, 5.74) is 0.294. The quantitative estimate of drug-likeness (QED) is 0.365. The molecular weight excluding hydrogens is 466 g/mol. The lowest BCUT2D eigenvalue weighted by Gasteiger charge is -2.23. The highest BCUT2D eigenvalue weighted by Crippen LogP contribution is 2.35. The average molecular weight is 499 g/mol. The number of carbonyl (C=O) groups is 1. The second-order valence-corrected chi connectivity index (χ2v) is 8.94. The molecule has 0 amide bonds. The largest absolute Gasteiger partial charge is 0.466 e. The van der Waals surface area contributed by atoms with Gasteiger partial charge >= 0.3 is 12.6 Å². The van der Waals surface area contributed by atoms with Crippen molar-refractivity contribution in [3.63, 3.8) is 0 Å². The maximum absolute atomic E-state index is 13.2. The van der Waals surface area contributed by atoms with E-state index in [1.807, 2.05) is 6.92 Å². The van der Waals surface area contributed by atoms with Crippen LogP contribution in [0.1, 0.15) is 50.0 Å². The lowest BCUT2D eigenvalue weighted by Crippen LogP contribution is -2.34. The van der Waals surface area contributed by atoms with Gasteiger partial charge in [-0.25, -0.2) is 4.79 Å². The van der Waals surface area contributed by atoms with E-state index < -0.39 is 42.8 Å². The summed E-state index contributed by atoms with van der Waals surface area (Å²) in [5.74, 6) is -2.07. The van der Waals surface area contributed by atoms with E-state index in [9.17, 15) is 18.7 Å². The number of halogens is 2. The predicted molar refractivity (Wildman–Crippen MR) is 122 cm³/mol. The van der Waals surface area contributed by atoms with E-state index in [2.05, 4.69) is 4.74 Å². The van der Waals surface area contributed by atoms with Crippen molar-refractivity contribution in [2.75, 3.05) is 13.9 Å². The Balaban J connectivity index is 2.08. The number of aliphatic hydroxyl groups is 1. The number of ether oxygens (including phenoxy) is 6. The summed E-state index contributed by atoms with van der Waals surface area (Å²) in [7, 11) is 1.39. The van der Waals surface area contributed by atoms with Crippen LogP contribution in [0.4, 0.5) is 8.78 Å². The first-order chi connectivity index (χ1) is 16.5. The molecule has 194 valence electrons. The van der Waals surface area contributed by atoms with E-state index in [4.69, 9.17) is 23.7 Å². The molecule has 1 unspecified atom stereocenters. The number of alkyl halides is 2. The number of hydrogen-bond donors (Lipinski definition) is 1. The second-order valence-electron chi connectivity index (χ2n) is 8.94. The van der Waals surface area contributed by atoms with Gasteiger partial charge in [-0.15, -0.1) is 0 Å². The van der Waals surface area contributed by atoms with E-state index in [0.717, 1.165) is 0 Å². The molecule has 0 saturated carbocycles. The summed E-state index contributed by atoms with van der Waals surface area (Å²) in [4.78, 5) is 13.2. The highest BCUT2D eigenvalue weighted by atomic mass is 19.3. The van der Waals surface area contributed by atoms with E-state index in [-0.39, 0.29) is 35.3 Å². The number of cyclic esters (lactones) is 1. The van der Waals surface area contributed by atoms with Crippen LogP contribution < -0.4 is 9.47 Å². The van der Waals surface area contributed by atoms with Crippen molar-refractivity contribution < 1.29 is 47.1 Å². The minimum Gasteiger partial charge on any atom is -0.466 e. The molecule has 2 aliphatic rings. The van der Waals surface area contributed by atoms with Gasteiger partial charge in [-0.1, -0.05) is 31.2 Å². The third kappa shape index (κ3) is 7.00. The van der Waals surface area contributed by atoms with Gasteiger partial charge in [0.15, 0.2) is 12.6 Å². The fourth-order valence-electron chi connectivity index (χ4n) is 3.92. The highest BCUT2D eigenvalue weighted by molar-refractivity contribution is 5.97. The lowest BCUT2D eigenvalue weighted by atomic mass is 9.99. The zero-order valence-electron chi connectivity index (χ0n) is 20.4. The number of hydrogen-bond acceptors (Lipinski definition) is 8. The Bertz CT molecular complexity index is 946. The van der Waals surface area contributed by atoms with Crippen molar-refractivity contribution in [1.29, 1.82) is 0 Å². The Morgan fingerprint density at radius 3 is 2.63 bits per heavy atom. The Kier molecular flexibility index (Phi) is 8.87. The van der Waals surface area contributed by atoms with Gasteiger partial charge in [0.2, 0.25) is 0 Å². The topological polar surface area (TPSA) is 92.7 Å². The monoisotopic (exact) mass is 498 g/mol. The Morgan fingerprint density at radius 1 is 1.20 bits per heavy atom. The fourth-order valence-corrected chi connectivity index (χ4v) is 3.92. The SMILES string of the molecule is COCOc1cc(OC(F)F)cc2c1C(=O)O[C@@H](C)[C@H](C)/C=C\C(O)[C@H]1OC(C)(C)O[C@H]1C/C=C/2. The van der Waals surface area contributed by atoms with Gasteiger partial charge in [0.05, 0.1) is 6.10 Å². The van der Waals surface area contributed by atoms with E-state index in [0.29, 0.717) is 6.42 Å². The van der Waals surface area contributed by atoms with Crippen LogP contribution in [0.5, 0.6) is 11.5 Å². The maximum Gasteiger partial charge on any atom is 0.387 e. The first-order valence-electron chi connectivity index (χ1n) is 11.3. The van der Waals surface area contributed by atoms with Crippen molar-refractivity contribution in [1.82, 2.24) is 0 Å². The van der Waals surface area contributed by atoms with Crippen LogP contribution in [0.3, 0.4) is 0 Å². The van der Waals surface area contributed by atoms with Gasteiger partial charge in [-0.2, -0.15) is 8.78 Å². The van der Waals surface area contributed by atoms with Gasteiger partial charge in [0.1, 0.15) is 35.4 Å². The highest BCUT2D eigenvalue weighted by Gasteiger charge is 2.43. The van der Waals surface area contributed by atoms with Gasteiger partial charge in [0.25, 0.3) is 0 Å². The molecule has 1 N–H and O–H groups in total. The van der Waals surface area contributed by atoms with Crippen LogP contribution in [-0.2, 0) is 18.9 Å². The Labute approximate surface area is 203 Å². The molecule has 1 fully saturated rings. The van der Waals surface area contributed by atoms with Gasteiger partial charge < -0.3 is 33.5 Å². The van der Waals surface area contributed by atoms with Gasteiger partial charge in [-0.05, 0) is 38.8 Å². The number of rotatable bonds is 5. The lowest BCUT2D eigenvalue weighted by molar-refractivity contribution is -0.152. The number of fused-ring (bicyclic) bond motifs is 2. The molecule has 35 heavy (non-hydrogen) atoms. The number of esters is 1. The molecule has 0 radical (unpaired) electrons. The maximum atomic E-state index is 13.2. The molecule has 1 aromatic carbocycles. The summed E-state index contributed by atoms with van der Waals surface area (Å²) in [6.45, 7) is 3.77. The number of methoxy groups -OCH3 is 1. The molecule has 0 aromatic heterocycles. The van der Waals surface area contributed by atoms with Crippen molar-refractivity contribution >= 4 is 12.0 Å². The smallest absolute Gasteiger partial charge is 0.387 e. The molecule has 1 aromatic rings. The van der Waals surface area contributed by atoms with Crippen molar-refractivity contribution in [3.05, 3.63) is 41.5 Å². The van der Waals surface area contributed by atoms with E-state index >= 15 is 0 Å². The number of carbonyl (C=O) groups excluding carboxylic acids is 1. The number of aliphatic hydroxyl groups excluding tert-OH is 1. The molecule has 8 nitrogen and oxygen atoms in total. The van der Waals surface area contributed by atoms with Crippen LogP contribution in [0.25, 0.3) is 6.08 Å².